The molecular weight excluding hydrogens is 418 g/mol. The Bertz CT molecular complexity index is 1210. The number of aromatic nitrogens is 3. The summed E-state index contributed by atoms with van der Waals surface area (Å²) in [6, 6.07) is 8.37. The second-order valence-electron chi connectivity index (χ2n) is 8.92. The quantitative estimate of drug-likeness (QED) is 0.578. The Morgan fingerprint density at radius 2 is 2.24 bits per heavy atom. The first-order valence-electron chi connectivity index (χ1n) is 11.3. The van der Waals surface area contributed by atoms with Gasteiger partial charge >= 0.3 is 0 Å². The number of methoxy groups -OCH3 is 1. The van der Waals surface area contributed by atoms with Gasteiger partial charge in [0.15, 0.2) is 0 Å². The fourth-order valence-electron chi connectivity index (χ4n) is 4.94. The largest absolute Gasteiger partial charge is 0.378 e. The number of rotatable bonds is 6. The van der Waals surface area contributed by atoms with E-state index in [1.54, 1.807) is 7.11 Å². The van der Waals surface area contributed by atoms with E-state index in [4.69, 9.17) is 14.5 Å². The molecule has 3 aromatic rings. The minimum Gasteiger partial charge on any atom is -0.378 e. The maximum atomic E-state index is 11.6. The molecular formula is C25H29N5O3. The summed E-state index contributed by atoms with van der Waals surface area (Å²) < 4.78 is 13.8. The fraction of sp³-hybridized carbons (Fsp3) is 0.440. The van der Waals surface area contributed by atoms with Crippen LogP contribution < -0.4 is 5.32 Å². The number of nitrogens with zero attached hydrogens (tertiary/aromatic N) is 4. The van der Waals surface area contributed by atoms with Gasteiger partial charge in [0.25, 0.3) is 0 Å². The van der Waals surface area contributed by atoms with E-state index in [1.165, 1.54) is 6.92 Å². The summed E-state index contributed by atoms with van der Waals surface area (Å²) in [6.07, 6.45) is 8.92. The van der Waals surface area contributed by atoms with Gasteiger partial charge < -0.3 is 24.4 Å². The zero-order valence-electron chi connectivity index (χ0n) is 19.2. The van der Waals surface area contributed by atoms with E-state index in [9.17, 15) is 4.79 Å². The number of aliphatic imine (C=N–C) groups is 1. The molecule has 8 heteroatoms. The lowest BCUT2D eigenvalue weighted by Crippen LogP contribution is -2.30. The lowest BCUT2D eigenvalue weighted by atomic mass is 9.81. The van der Waals surface area contributed by atoms with Crippen LogP contribution >= 0.6 is 0 Å². The van der Waals surface area contributed by atoms with Crippen molar-refractivity contribution in [3.63, 3.8) is 0 Å². The van der Waals surface area contributed by atoms with Crippen LogP contribution in [0.5, 0.6) is 0 Å². The molecule has 172 valence electrons. The Kier molecular flexibility index (Phi) is 5.72. The van der Waals surface area contributed by atoms with Gasteiger partial charge in [-0.1, -0.05) is 6.07 Å². The van der Waals surface area contributed by atoms with Crippen LogP contribution in [-0.4, -0.2) is 54.0 Å². The number of hydrogen-bond acceptors (Lipinski definition) is 6. The molecule has 1 aliphatic carbocycles. The predicted molar refractivity (Wildman–Crippen MR) is 128 cm³/mol. The standard InChI is InChI=1S/C25H29N5O3/c1-16(31)28-24-11-19-20(14-30(22(19)13-27-24)18-9-17(10-18)12-26-2)21-5-4-6-23(29-21)25(32-3)7-8-33-15-25/h4-6,11-14,17-18H,7-10,15H2,1-3H3,(H,27,28,31)/t17-,18-,25-/m0/s1. The highest BCUT2D eigenvalue weighted by molar-refractivity contribution is 5.98. The third kappa shape index (κ3) is 3.94. The van der Waals surface area contributed by atoms with Crippen molar-refractivity contribution < 1.29 is 14.3 Å². The number of amides is 1. The lowest BCUT2D eigenvalue weighted by Gasteiger charge is -2.34. The van der Waals surface area contributed by atoms with E-state index in [0.29, 0.717) is 31.0 Å². The average molecular weight is 448 g/mol. The van der Waals surface area contributed by atoms with Gasteiger partial charge in [0.05, 0.1) is 29.7 Å². The van der Waals surface area contributed by atoms with Crippen molar-refractivity contribution in [1.29, 1.82) is 0 Å². The second-order valence-corrected chi connectivity index (χ2v) is 8.92. The van der Waals surface area contributed by atoms with Crippen LogP contribution in [0.15, 0.2) is 41.7 Å². The smallest absolute Gasteiger partial charge is 0.222 e. The minimum absolute atomic E-state index is 0.146. The molecule has 0 radical (unpaired) electrons. The van der Waals surface area contributed by atoms with Crippen molar-refractivity contribution >= 4 is 28.8 Å². The SMILES string of the molecule is CN=C[C@H]1C[C@H](n2cc(-c3cccc([C@]4(OC)CCOC4)n3)c3cc(NC(C)=O)ncc32)C1. The third-order valence-electron chi connectivity index (χ3n) is 6.79. The summed E-state index contributed by atoms with van der Waals surface area (Å²) in [5.41, 5.74) is 3.27. The van der Waals surface area contributed by atoms with Gasteiger partial charge in [0.1, 0.15) is 11.4 Å². The maximum absolute atomic E-state index is 11.6. The predicted octanol–water partition coefficient (Wildman–Crippen LogP) is 3.97. The van der Waals surface area contributed by atoms with Crippen molar-refractivity contribution in [2.45, 2.75) is 37.8 Å². The molecule has 8 nitrogen and oxygen atoms in total. The maximum Gasteiger partial charge on any atom is 0.222 e. The van der Waals surface area contributed by atoms with Crippen LogP contribution in [0, 0.1) is 5.92 Å². The van der Waals surface area contributed by atoms with E-state index in [2.05, 4.69) is 26.1 Å². The summed E-state index contributed by atoms with van der Waals surface area (Å²) in [7, 11) is 3.54. The highest BCUT2D eigenvalue weighted by atomic mass is 16.5. The monoisotopic (exact) mass is 447 g/mol. The van der Waals surface area contributed by atoms with Gasteiger partial charge in [-0.05, 0) is 37.0 Å². The number of ether oxygens (including phenoxy) is 2. The molecule has 1 atom stereocenters. The zero-order chi connectivity index (χ0) is 23.0. The van der Waals surface area contributed by atoms with Crippen molar-refractivity contribution in [3.05, 3.63) is 42.4 Å². The topological polar surface area (TPSA) is 90.6 Å². The molecule has 2 fully saturated rings. The first-order valence-corrected chi connectivity index (χ1v) is 11.3. The van der Waals surface area contributed by atoms with Gasteiger partial charge in [-0.3, -0.25) is 4.79 Å². The first kappa shape index (κ1) is 21.7. The fourth-order valence-corrected chi connectivity index (χ4v) is 4.94. The van der Waals surface area contributed by atoms with E-state index in [0.717, 1.165) is 47.1 Å². The Labute approximate surface area is 193 Å². The molecule has 5 rings (SSSR count). The Morgan fingerprint density at radius 1 is 1.39 bits per heavy atom. The molecule has 0 bridgehead atoms. The molecule has 0 unspecified atom stereocenters. The molecule has 2 aliphatic rings. The molecule has 3 aromatic heterocycles. The van der Waals surface area contributed by atoms with Crippen LogP contribution in [0.4, 0.5) is 5.82 Å². The number of carbonyl (C=O) groups is 1. The van der Waals surface area contributed by atoms with E-state index in [1.807, 2.05) is 43.7 Å². The van der Waals surface area contributed by atoms with E-state index in [-0.39, 0.29) is 5.91 Å². The third-order valence-corrected chi connectivity index (χ3v) is 6.79. The van der Waals surface area contributed by atoms with Crippen molar-refractivity contribution in [2.24, 2.45) is 10.9 Å². The minimum atomic E-state index is -0.516. The number of nitrogens with one attached hydrogen (secondary N) is 1. The first-order chi connectivity index (χ1) is 16.0. The van der Waals surface area contributed by atoms with Crippen molar-refractivity contribution in [3.8, 4) is 11.3 Å². The zero-order valence-corrected chi connectivity index (χ0v) is 19.2. The molecule has 1 saturated carbocycles. The molecule has 0 spiro atoms. The second kappa shape index (κ2) is 8.68. The summed E-state index contributed by atoms with van der Waals surface area (Å²) in [5.74, 6) is 0.900. The normalized spacial score (nSPS) is 24.9. The van der Waals surface area contributed by atoms with Gasteiger partial charge in [-0.25, -0.2) is 9.97 Å². The van der Waals surface area contributed by atoms with Gasteiger partial charge in [-0.2, -0.15) is 0 Å². The van der Waals surface area contributed by atoms with Crippen LogP contribution in [-0.2, 0) is 19.9 Å². The Morgan fingerprint density at radius 3 is 2.94 bits per heavy atom. The van der Waals surface area contributed by atoms with Crippen LogP contribution in [0.1, 0.15) is 37.9 Å². The number of anilines is 1. The summed E-state index contributed by atoms with van der Waals surface area (Å²) in [4.78, 5) is 25.3. The molecule has 1 amide bonds. The van der Waals surface area contributed by atoms with Gasteiger partial charge in [0, 0.05) is 63.5 Å². The highest BCUT2D eigenvalue weighted by Gasteiger charge is 2.38. The molecule has 1 N–H and O–H groups in total. The summed E-state index contributed by atoms with van der Waals surface area (Å²) in [6.45, 7) is 2.65. The Hall–Kier alpha value is -3.10. The molecule has 4 heterocycles. The lowest BCUT2D eigenvalue weighted by molar-refractivity contribution is -0.114. The average Bonchev–Trinajstić information content (AvgIpc) is 3.41. The number of carbonyl (C=O) groups excluding carboxylic acids is 1. The van der Waals surface area contributed by atoms with Gasteiger partial charge in [0.2, 0.25) is 5.91 Å². The molecule has 1 saturated heterocycles. The number of hydrogen-bond donors (Lipinski definition) is 1. The number of fused-ring (bicyclic) bond motifs is 1. The summed E-state index contributed by atoms with van der Waals surface area (Å²) >= 11 is 0. The van der Waals surface area contributed by atoms with E-state index < -0.39 is 5.60 Å². The molecule has 1 aliphatic heterocycles. The van der Waals surface area contributed by atoms with Gasteiger partial charge in [-0.15, -0.1) is 0 Å². The highest BCUT2D eigenvalue weighted by Crippen LogP contribution is 2.42. The van der Waals surface area contributed by atoms with Crippen molar-refractivity contribution in [2.75, 3.05) is 32.7 Å². The Balaban J connectivity index is 1.60. The molecule has 33 heavy (non-hydrogen) atoms. The summed E-state index contributed by atoms with van der Waals surface area (Å²) in [5, 5.41) is 3.82. The van der Waals surface area contributed by atoms with Crippen molar-refractivity contribution in [1.82, 2.24) is 14.5 Å². The van der Waals surface area contributed by atoms with Crippen LogP contribution in [0.3, 0.4) is 0 Å². The van der Waals surface area contributed by atoms with Crippen LogP contribution in [0.2, 0.25) is 0 Å². The molecule has 0 aromatic carbocycles. The van der Waals surface area contributed by atoms with E-state index >= 15 is 0 Å². The number of pyridine rings is 2. The van der Waals surface area contributed by atoms with Crippen LogP contribution in [0.25, 0.3) is 22.2 Å².